The Hall–Kier alpha value is -2.18. The van der Waals surface area contributed by atoms with Crippen LogP contribution in [0.25, 0.3) is 0 Å². The molecular weight excluding hydrogens is 533 g/mol. The molecule has 0 radical (unpaired) electrons. The lowest BCUT2D eigenvalue weighted by atomic mass is 9.98. The fourth-order valence-corrected chi connectivity index (χ4v) is 5.23. The van der Waals surface area contributed by atoms with Gasteiger partial charge >= 0.3 is 6.09 Å². The van der Waals surface area contributed by atoms with Gasteiger partial charge in [0.15, 0.2) is 0 Å². The van der Waals surface area contributed by atoms with Gasteiger partial charge in [0, 0.05) is 28.0 Å². The van der Waals surface area contributed by atoms with Crippen molar-refractivity contribution in [3.05, 3.63) is 51.6 Å². The summed E-state index contributed by atoms with van der Waals surface area (Å²) in [6.45, 7) is 2.45. The summed E-state index contributed by atoms with van der Waals surface area (Å²) in [6.07, 6.45) is 0.595. The average molecular weight is 557 g/mol. The highest BCUT2D eigenvalue weighted by atomic mass is 127. The van der Waals surface area contributed by atoms with Gasteiger partial charge in [-0.1, -0.05) is 0 Å². The summed E-state index contributed by atoms with van der Waals surface area (Å²) in [5.74, 6) is -0.610. The highest BCUT2D eigenvalue weighted by Gasteiger charge is 2.33. The van der Waals surface area contributed by atoms with E-state index in [2.05, 4.69) is 38.0 Å². The Labute approximate surface area is 195 Å². The van der Waals surface area contributed by atoms with Crippen LogP contribution in [0.2, 0.25) is 0 Å². The number of halogens is 1. The van der Waals surface area contributed by atoms with Crippen LogP contribution < -0.4 is 10.6 Å². The molecule has 2 amide bonds. The van der Waals surface area contributed by atoms with E-state index in [0.717, 1.165) is 9.13 Å². The van der Waals surface area contributed by atoms with Crippen LogP contribution in [0.4, 0.5) is 16.2 Å². The molecule has 0 aromatic heterocycles. The van der Waals surface area contributed by atoms with Gasteiger partial charge in [-0.15, -0.1) is 0 Å². The fraction of sp³-hybridized carbons (Fsp3) is 0.333. The molecule has 0 bridgehead atoms. The van der Waals surface area contributed by atoms with Gasteiger partial charge in [-0.05, 0) is 90.4 Å². The zero-order valence-electron chi connectivity index (χ0n) is 17.2. The van der Waals surface area contributed by atoms with Gasteiger partial charge in [-0.25, -0.2) is 13.2 Å². The van der Waals surface area contributed by atoms with Crippen LogP contribution in [0.5, 0.6) is 0 Å². The molecule has 1 atom stereocenters. The number of nitrogens with zero attached hydrogens (tertiary/aromatic N) is 1. The lowest BCUT2D eigenvalue weighted by Gasteiger charge is -2.31. The molecule has 166 valence electrons. The second kappa shape index (κ2) is 9.96. The number of ether oxygens (including phenoxy) is 1. The van der Waals surface area contributed by atoms with Crippen molar-refractivity contribution in [2.24, 2.45) is 5.92 Å². The van der Waals surface area contributed by atoms with Gasteiger partial charge < -0.3 is 10.1 Å². The first-order valence-corrected chi connectivity index (χ1v) is 12.2. The number of carbonyl (C=O) groups is 2. The van der Waals surface area contributed by atoms with E-state index < -0.39 is 22.0 Å². The Morgan fingerprint density at radius 1 is 1.10 bits per heavy atom. The summed E-state index contributed by atoms with van der Waals surface area (Å²) in [5, 5.41) is 5.39. The number of carbonyl (C=O) groups excluding carboxylic acids is 2. The van der Waals surface area contributed by atoms with Gasteiger partial charge in [0.1, 0.15) is 0 Å². The minimum atomic E-state index is -3.76. The van der Waals surface area contributed by atoms with Crippen LogP contribution in [-0.2, 0) is 19.6 Å². The molecular formula is C21H24IN3O5S. The SMILES string of the molecule is COC(=O)Nc1ccc(S(=O)(=O)N2CCCC(C(=O)Nc3ccc(I)c(C)c3)C2)cc1. The lowest BCUT2D eigenvalue weighted by Crippen LogP contribution is -2.43. The molecule has 31 heavy (non-hydrogen) atoms. The third kappa shape index (κ3) is 5.74. The minimum absolute atomic E-state index is 0.109. The van der Waals surface area contributed by atoms with Gasteiger partial charge in [0.25, 0.3) is 0 Å². The molecule has 2 aromatic rings. The molecule has 1 saturated heterocycles. The van der Waals surface area contributed by atoms with Crippen molar-refractivity contribution in [1.29, 1.82) is 0 Å². The normalized spacial score (nSPS) is 17.1. The molecule has 1 unspecified atom stereocenters. The number of hydrogen-bond donors (Lipinski definition) is 2. The van der Waals surface area contributed by atoms with E-state index >= 15 is 0 Å². The molecule has 8 nitrogen and oxygen atoms in total. The monoisotopic (exact) mass is 557 g/mol. The summed E-state index contributed by atoms with van der Waals surface area (Å²) in [6, 6.07) is 11.5. The largest absolute Gasteiger partial charge is 0.453 e. The van der Waals surface area contributed by atoms with Gasteiger partial charge in [-0.3, -0.25) is 10.1 Å². The molecule has 3 rings (SSSR count). The summed E-state index contributed by atoms with van der Waals surface area (Å²) < 4.78 is 33.1. The maximum Gasteiger partial charge on any atom is 0.411 e. The predicted octanol–water partition coefficient (Wildman–Crippen LogP) is 3.82. The summed E-state index contributed by atoms with van der Waals surface area (Å²) in [5.41, 5.74) is 2.20. The third-order valence-electron chi connectivity index (χ3n) is 5.10. The summed E-state index contributed by atoms with van der Waals surface area (Å²) in [4.78, 5) is 24.1. The van der Waals surface area contributed by atoms with Crippen molar-refractivity contribution in [2.45, 2.75) is 24.7 Å². The first kappa shape index (κ1) is 23.5. The zero-order chi connectivity index (χ0) is 22.6. The van der Waals surface area contributed by atoms with Crippen LogP contribution in [0.3, 0.4) is 0 Å². The van der Waals surface area contributed by atoms with Crippen molar-refractivity contribution in [2.75, 3.05) is 30.8 Å². The maximum atomic E-state index is 13.1. The van der Waals surface area contributed by atoms with Gasteiger partial charge in [0.05, 0.1) is 17.9 Å². The number of sulfonamides is 1. The number of benzene rings is 2. The Balaban J connectivity index is 1.69. The Bertz CT molecular complexity index is 1070. The van der Waals surface area contributed by atoms with Gasteiger partial charge in [-0.2, -0.15) is 4.31 Å². The standard InChI is InChI=1S/C21H24IN3O5S/c1-14-12-17(7-10-19(14)22)23-20(26)15-4-3-11-25(13-15)31(28,29)18-8-5-16(6-9-18)24-21(27)30-2/h5-10,12,15H,3-4,11,13H2,1-2H3,(H,23,26)(H,24,27). The number of hydrogen-bond acceptors (Lipinski definition) is 5. The van der Waals surface area contributed by atoms with E-state index in [-0.39, 0.29) is 17.3 Å². The molecule has 10 heteroatoms. The second-order valence-electron chi connectivity index (χ2n) is 7.30. The quantitative estimate of drug-likeness (QED) is 0.545. The first-order chi connectivity index (χ1) is 14.7. The number of piperidine rings is 1. The number of nitrogens with one attached hydrogen (secondary N) is 2. The molecule has 1 aliphatic rings. The molecule has 0 aliphatic carbocycles. The van der Waals surface area contributed by atoms with E-state index in [1.165, 1.54) is 35.7 Å². The summed E-state index contributed by atoms with van der Waals surface area (Å²) in [7, 11) is -2.51. The molecule has 2 N–H and O–H groups in total. The average Bonchev–Trinajstić information content (AvgIpc) is 2.76. The van der Waals surface area contributed by atoms with E-state index in [0.29, 0.717) is 30.8 Å². The fourth-order valence-electron chi connectivity index (χ4n) is 3.37. The Morgan fingerprint density at radius 2 is 1.77 bits per heavy atom. The number of methoxy groups -OCH3 is 1. The summed E-state index contributed by atoms with van der Waals surface area (Å²) >= 11 is 2.23. The number of aryl methyl sites for hydroxylation is 1. The van der Waals surface area contributed by atoms with E-state index in [1.54, 1.807) is 0 Å². The van der Waals surface area contributed by atoms with Crippen molar-refractivity contribution >= 4 is 56.0 Å². The molecule has 2 aromatic carbocycles. The zero-order valence-corrected chi connectivity index (χ0v) is 20.2. The van der Waals surface area contributed by atoms with E-state index in [9.17, 15) is 18.0 Å². The first-order valence-electron chi connectivity index (χ1n) is 9.73. The molecule has 1 fully saturated rings. The topological polar surface area (TPSA) is 105 Å². The molecule has 0 spiro atoms. The second-order valence-corrected chi connectivity index (χ2v) is 10.4. The van der Waals surface area contributed by atoms with Crippen molar-refractivity contribution in [1.82, 2.24) is 4.31 Å². The molecule has 1 heterocycles. The number of rotatable bonds is 5. The van der Waals surface area contributed by atoms with Crippen LogP contribution in [0.1, 0.15) is 18.4 Å². The van der Waals surface area contributed by atoms with Crippen LogP contribution in [0, 0.1) is 16.4 Å². The highest BCUT2D eigenvalue weighted by molar-refractivity contribution is 14.1. The Morgan fingerprint density at radius 3 is 2.42 bits per heavy atom. The highest BCUT2D eigenvalue weighted by Crippen LogP contribution is 2.26. The van der Waals surface area contributed by atoms with Crippen LogP contribution in [0.15, 0.2) is 47.4 Å². The Kier molecular flexibility index (Phi) is 7.55. The van der Waals surface area contributed by atoms with Crippen LogP contribution in [-0.4, -0.2) is 44.9 Å². The lowest BCUT2D eigenvalue weighted by molar-refractivity contribution is -0.120. The van der Waals surface area contributed by atoms with Crippen LogP contribution >= 0.6 is 22.6 Å². The predicted molar refractivity (Wildman–Crippen MR) is 126 cm³/mol. The number of anilines is 2. The maximum absolute atomic E-state index is 13.1. The smallest absolute Gasteiger partial charge is 0.411 e. The van der Waals surface area contributed by atoms with Crippen molar-refractivity contribution in [3.8, 4) is 0 Å². The minimum Gasteiger partial charge on any atom is -0.453 e. The molecule has 1 aliphatic heterocycles. The number of amides is 2. The van der Waals surface area contributed by atoms with Crippen molar-refractivity contribution < 1.29 is 22.7 Å². The third-order valence-corrected chi connectivity index (χ3v) is 8.19. The van der Waals surface area contributed by atoms with E-state index in [1.807, 2.05) is 25.1 Å². The molecule has 0 saturated carbocycles. The van der Waals surface area contributed by atoms with Crippen molar-refractivity contribution in [3.63, 3.8) is 0 Å². The van der Waals surface area contributed by atoms with E-state index in [4.69, 9.17) is 0 Å². The van der Waals surface area contributed by atoms with Gasteiger partial charge in [0.2, 0.25) is 15.9 Å².